The van der Waals surface area contributed by atoms with Crippen LogP contribution in [0, 0.1) is 11.8 Å². The molecular formula is C17H30N4O2. The minimum absolute atomic E-state index is 0.0637. The molecular weight excluding hydrogens is 292 g/mol. The number of hydrazone groups is 1. The molecule has 2 atom stereocenters. The maximum atomic E-state index is 12.1. The molecule has 3 aliphatic rings. The number of carbonyl (C=O) groups excluding carboxylic acids is 1. The molecule has 1 aliphatic carbocycles. The van der Waals surface area contributed by atoms with Crippen LogP contribution in [-0.4, -0.2) is 62.6 Å². The zero-order valence-corrected chi connectivity index (χ0v) is 14.0. The van der Waals surface area contributed by atoms with Crippen LogP contribution in [0.1, 0.15) is 38.5 Å². The first kappa shape index (κ1) is 16.7. The van der Waals surface area contributed by atoms with E-state index in [1.165, 1.54) is 32.1 Å². The molecule has 0 aromatic heterocycles. The van der Waals surface area contributed by atoms with E-state index in [0.29, 0.717) is 25.0 Å². The Morgan fingerprint density at radius 2 is 2.09 bits per heavy atom. The van der Waals surface area contributed by atoms with Crippen LogP contribution in [0.3, 0.4) is 0 Å². The molecule has 2 unspecified atom stereocenters. The Balaban J connectivity index is 1.26. The van der Waals surface area contributed by atoms with Crippen molar-refractivity contribution in [2.24, 2.45) is 16.9 Å². The van der Waals surface area contributed by atoms with Crippen molar-refractivity contribution in [1.29, 1.82) is 0 Å². The van der Waals surface area contributed by atoms with Crippen molar-refractivity contribution < 1.29 is 9.53 Å². The average Bonchev–Trinajstić information content (AvgIpc) is 2.99. The number of fused-ring (bicyclic) bond motifs is 1. The Labute approximate surface area is 139 Å². The summed E-state index contributed by atoms with van der Waals surface area (Å²) in [5.74, 6) is 1.26. The topological polar surface area (TPSA) is 66.0 Å². The largest absolute Gasteiger partial charge is 0.381 e. The lowest BCUT2D eigenvalue weighted by atomic mass is 9.89. The van der Waals surface area contributed by atoms with Crippen molar-refractivity contribution in [2.45, 2.75) is 44.6 Å². The number of ether oxygens (including phenoxy) is 1. The molecule has 6 heteroatoms. The summed E-state index contributed by atoms with van der Waals surface area (Å²) in [5, 5.41) is 12.8. The van der Waals surface area contributed by atoms with E-state index in [1.54, 1.807) is 0 Å². The van der Waals surface area contributed by atoms with Gasteiger partial charge in [0.1, 0.15) is 6.54 Å². The van der Waals surface area contributed by atoms with E-state index in [4.69, 9.17) is 4.74 Å². The standard InChI is InChI=1S/C17H30N4O2/c22-17(12-21-16-6-9-23-13-15(16)11-20-21)19-8-7-18-10-14-4-2-1-3-5-14/h11,14-16,18H,1-10,12-13H2,(H,19,22). The summed E-state index contributed by atoms with van der Waals surface area (Å²) in [5.41, 5.74) is 0. The molecule has 0 radical (unpaired) electrons. The highest BCUT2D eigenvalue weighted by molar-refractivity contribution is 5.78. The first-order valence-electron chi connectivity index (χ1n) is 9.19. The summed E-state index contributed by atoms with van der Waals surface area (Å²) in [7, 11) is 0. The maximum absolute atomic E-state index is 12.1. The molecule has 2 heterocycles. The summed E-state index contributed by atoms with van der Waals surface area (Å²) >= 11 is 0. The van der Waals surface area contributed by atoms with Gasteiger partial charge in [0.2, 0.25) is 5.91 Å². The Kier molecular flexibility index (Phi) is 6.28. The van der Waals surface area contributed by atoms with Gasteiger partial charge in [0.25, 0.3) is 0 Å². The van der Waals surface area contributed by atoms with Crippen LogP contribution < -0.4 is 10.6 Å². The van der Waals surface area contributed by atoms with E-state index >= 15 is 0 Å². The minimum atomic E-state index is 0.0637. The van der Waals surface area contributed by atoms with Gasteiger partial charge in [0, 0.05) is 31.8 Å². The van der Waals surface area contributed by atoms with Gasteiger partial charge >= 0.3 is 0 Å². The lowest BCUT2D eigenvalue weighted by Crippen LogP contribution is -2.44. The monoisotopic (exact) mass is 322 g/mol. The third kappa shape index (κ3) is 4.91. The van der Waals surface area contributed by atoms with Gasteiger partial charge in [-0.2, -0.15) is 5.10 Å². The van der Waals surface area contributed by atoms with Gasteiger partial charge < -0.3 is 15.4 Å². The molecule has 0 bridgehead atoms. The summed E-state index contributed by atoms with van der Waals surface area (Å²) < 4.78 is 5.45. The molecule has 3 rings (SSSR count). The first-order chi connectivity index (χ1) is 11.3. The smallest absolute Gasteiger partial charge is 0.241 e. The fourth-order valence-electron chi connectivity index (χ4n) is 3.87. The third-order valence-electron chi connectivity index (χ3n) is 5.24. The highest BCUT2D eigenvalue weighted by atomic mass is 16.5. The summed E-state index contributed by atoms with van der Waals surface area (Å²) in [6.45, 7) is 4.51. The SMILES string of the molecule is O=C(CN1N=CC2COCCC21)NCCNCC1CCCCC1. The van der Waals surface area contributed by atoms with E-state index in [2.05, 4.69) is 15.7 Å². The van der Waals surface area contributed by atoms with Crippen LogP contribution in [0.15, 0.2) is 5.10 Å². The van der Waals surface area contributed by atoms with Crippen LogP contribution in [0.25, 0.3) is 0 Å². The van der Waals surface area contributed by atoms with Crippen molar-refractivity contribution in [1.82, 2.24) is 15.6 Å². The molecule has 1 amide bonds. The predicted molar refractivity (Wildman–Crippen MR) is 90.4 cm³/mol. The number of rotatable bonds is 7. The highest BCUT2D eigenvalue weighted by Crippen LogP contribution is 2.24. The van der Waals surface area contributed by atoms with Crippen LogP contribution in [0.4, 0.5) is 0 Å². The first-order valence-corrected chi connectivity index (χ1v) is 9.19. The zero-order valence-electron chi connectivity index (χ0n) is 14.0. The summed E-state index contributed by atoms with van der Waals surface area (Å²) in [6.07, 6.45) is 9.78. The highest BCUT2D eigenvalue weighted by Gasteiger charge is 2.34. The minimum Gasteiger partial charge on any atom is -0.381 e. The van der Waals surface area contributed by atoms with Crippen molar-refractivity contribution in [3.8, 4) is 0 Å². The van der Waals surface area contributed by atoms with E-state index < -0.39 is 0 Å². The lowest BCUT2D eigenvalue weighted by Gasteiger charge is -2.30. The molecule has 0 spiro atoms. The van der Waals surface area contributed by atoms with Gasteiger partial charge in [-0.3, -0.25) is 9.80 Å². The second kappa shape index (κ2) is 8.64. The van der Waals surface area contributed by atoms with Crippen molar-refractivity contribution in [3.63, 3.8) is 0 Å². The normalized spacial score (nSPS) is 27.9. The maximum Gasteiger partial charge on any atom is 0.241 e. The fraction of sp³-hybridized carbons (Fsp3) is 0.882. The number of nitrogens with zero attached hydrogens (tertiary/aromatic N) is 2. The second-order valence-corrected chi connectivity index (χ2v) is 7.02. The third-order valence-corrected chi connectivity index (χ3v) is 5.24. The molecule has 0 aromatic carbocycles. The van der Waals surface area contributed by atoms with E-state index in [0.717, 1.165) is 38.6 Å². The Hall–Kier alpha value is -1.14. The number of hydrogen-bond donors (Lipinski definition) is 2. The zero-order chi connectivity index (χ0) is 15.9. The van der Waals surface area contributed by atoms with Crippen molar-refractivity contribution >= 4 is 12.1 Å². The van der Waals surface area contributed by atoms with Gasteiger partial charge in [-0.25, -0.2) is 0 Å². The Bertz CT molecular complexity index is 409. The molecule has 6 nitrogen and oxygen atoms in total. The molecule has 2 N–H and O–H groups in total. The predicted octanol–water partition coefficient (Wildman–Crippen LogP) is 0.979. The van der Waals surface area contributed by atoms with Gasteiger partial charge in [-0.15, -0.1) is 0 Å². The summed E-state index contributed by atoms with van der Waals surface area (Å²) in [6, 6.07) is 0.346. The fourth-order valence-corrected chi connectivity index (χ4v) is 3.87. The Morgan fingerprint density at radius 1 is 1.22 bits per heavy atom. The molecule has 0 aromatic rings. The second-order valence-electron chi connectivity index (χ2n) is 7.02. The number of amides is 1. The van der Waals surface area contributed by atoms with Crippen LogP contribution >= 0.6 is 0 Å². The van der Waals surface area contributed by atoms with Crippen LogP contribution in [0.5, 0.6) is 0 Å². The van der Waals surface area contributed by atoms with E-state index in [1.807, 2.05) is 11.2 Å². The molecule has 130 valence electrons. The van der Waals surface area contributed by atoms with Crippen molar-refractivity contribution in [2.75, 3.05) is 39.4 Å². The number of hydrogen-bond acceptors (Lipinski definition) is 5. The Morgan fingerprint density at radius 3 is 2.96 bits per heavy atom. The molecule has 2 fully saturated rings. The molecule has 1 saturated carbocycles. The van der Waals surface area contributed by atoms with Crippen LogP contribution in [-0.2, 0) is 9.53 Å². The lowest BCUT2D eigenvalue weighted by molar-refractivity contribution is -0.123. The van der Waals surface area contributed by atoms with Crippen LogP contribution in [0.2, 0.25) is 0 Å². The van der Waals surface area contributed by atoms with E-state index in [9.17, 15) is 4.79 Å². The van der Waals surface area contributed by atoms with Gasteiger partial charge in [-0.1, -0.05) is 19.3 Å². The quantitative estimate of drug-likeness (QED) is 0.686. The van der Waals surface area contributed by atoms with E-state index in [-0.39, 0.29) is 5.91 Å². The average molecular weight is 322 g/mol. The number of carbonyl (C=O) groups is 1. The molecule has 1 saturated heterocycles. The molecule has 2 aliphatic heterocycles. The van der Waals surface area contributed by atoms with Crippen molar-refractivity contribution in [3.05, 3.63) is 0 Å². The number of nitrogens with one attached hydrogen (secondary N) is 2. The van der Waals surface area contributed by atoms with Gasteiger partial charge in [0.05, 0.1) is 12.6 Å². The molecule has 23 heavy (non-hydrogen) atoms. The van der Waals surface area contributed by atoms with Gasteiger partial charge in [0.15, 0.2) is 0 Å². The summed E-state index contributed by atoms with van der Waals surface area (Å²) in [4.78, 5) is 12.1. The van der Waals surface area contributed by atoms with Gasteiger partial charge in [-0.05, 0) is 31.7 Å².